The third-order valence-corrected chi connectivity index (χ3v) is 5.84. The quantitative estimate of drug-likeness (QED) is 0.277. The van der Waals surface area contributed by atoms with Crippen molar-refractivity contribution in [1.82, 2.24) is 5.32 Å². The number of urea groups is 1. The Morgan fingerprint density at radius 2 is 1.56 bits per heavy atom. The molecule has 1 heterocycles. The standard InChI is InChI=1S/C29H28N2O5/c1-4-21-6-10-23(11-7-21)31-28(33)25(27(32)30-29(31)34)18-22-8-12-24(13-9-22)35-15-16-36-26-14-5-19(2)17-20(26)3/h5-14,17-18H,4,15-16H2,1-3H3,(H,30,32,34)/b25-18-. The molecule has 184 valence electrons. The number of carbonyl (C=O) groups is 3. The number of ether oxygens (including phenoxy) is 2. The van der Waals surface area contributed by atoms with Crippen LogP contribution >= 0.6 is 0 Å². The molecule has 0 unspecified atom stereocenters. The molecule has 1 fully saturated rings. The first-order valence-corrected chi connectivity index (χ1v) is 11.8. The van der Waals surface area contributed by atoms with Crippen LogP contribution in [0.15, 0.2) is 72.3 Å². The van der Waals surface area contributed by atoms with E-state index >= 15 is 0 Å². The molecular formula is C29H28N2O5. The van der Waals surface area contributed by atoms with Gasteiger partial charge in [0.05, 0.1) is 5.69 Å². The van der Waals surface area contributed by atoms with Crippen molar-refractivity contribution in [2.45, 2.75) is 27.2 Å². The van der Waals surface area contributed by atoms with Gasteiger partial charge < -0.3 is 9.47 Å². The molecule has 1 N–H and O–H groups in total. The van der Waals surface area contributed by atoms with E-state index in [2.05, 4.69) is 11.4 Å². The van der Waals surface area contributed by atoms with Gasteiger partial charge >= 0.3 is 6.03 Å². The second-order valence-electron chi connectivity index (χ2n) is 8.51. The molecule has 7 nitrogen and oxygen atoms in total. The Hall–Kier alpha value is -4.39. The van der Waals surface area contributed by atoms with E-state index in [-0.39, 0.29) is 5.57 Å². The summed E-state index contributed by atoms with van der Waals surface area (Å²) < 4.78 is 11.5. The highest BCUT2D eigenvalue weighted by Gasteiger charge is 2.36. The van der Waals surface area contributed by atoms with Gasteiger partial charge in [-0.3, -0.25) is 14.9 Å². The fourth-order valence-electron chi connectivity index (χ4n) is 3.87. The van der Waals surface area contributed by atoms with Crippen LogP contribution in [0.1, 0.15) is 29.2 Å². The lowest BCUT2D eigenvalue weighted by Crippen LogP contribution is -2.54. The van der Waals surface area contributed by atoms with Gasteiger partial charge in [0.1, 0.15) is 30.3 Å². The molecule has 1 aliphatic rings. The van der Waals surface area contributed by atoms with Crippen LogP contribution in [0.25, 0.3) is 6.08 Å². The highest BCUT2D eigenvalue weighted by molar-refractivity contribution is 6.39. The average Bonchev–Trinajstić information content (AvgIpc) is 2.86. The van der Waals surface area contributed by atoms with E-state index in [0.717, 1.165) is 28.2 Å². The van der Waals surface area contributed by atoms with E-state index in [9.17, 15) is 14.4 Å². The lowest BCUT2D eigenvalue weighted by Gasteiger charge is -2.26. The van der Waals surface area contributed by atoms with E-state index in [0.29, 0.717) is 30.2 Å². The first kappa shape index (κ1) is 24.7. The van der Waals surface area contributed by atoms with Crippen LogP contribution in [0, 0.1) is 13.8 Å². The molecular weight excluding hydrogens is 456 g/mol. The largest absolute Gasteiger partial charge is 0.490 e. The molecule has 7 heteroatoms. The second-order valence-corrected chi connectivity index (χ2v) is 8.51. The molecule has 0 bridgehead atoms. The van der Waals surface area contributed by atoms with Crippen LogP contribution in [-0.2, 0) is 16.0 Å². The van der Waals surface area contributed by atoms with E-state index in [1.54, 1.807) is 36.4 Å². The Morgan fingerprint density at radius 1 is 0.861 bits per heavy atom. The summed E-state index contributed by atoms with van der Waals surface area (Å²) in [6.45, 7) is 6.82. The summed E-state index contributed by atoms with van der Waals surface area (Å²) >= 11 is 0. The molecule has 36 heavy (non-hydrogen) atoms. The van der Waals surface area contributed by atoms with E-state index in [4.69, 9.17) is 9.47 Å². The molecule has 3 aromatic carbocycles. The number of nitrogens with zero attached hydrogens (tertiary/aromatic N) is 1. The predicted octanol–water partition coefficient (Wildman–Crippen LogP) is 4.99. The Morgan fingerprint density at radius 3 is 2.22 bits per heavy atom. The van der Waals surface area contributed by atoms with E-state index < -0.39 is 17.8 Å². The Bertz CT molecular complexity index is 1310. The molecule has 0 atom stereocenters. The smallest absolute Gasteiger partial charge is 0.335 e. The van der Waals surface area contributed by atoms with E-state index in [1.807, 2.05) is 45.0 Å². The Kier molecular flexibility index (Phi) is 7.49. The Labute approximate surface area is 210 Å². The van der Waals surface area contributed by atoms with Crippen molar-refractivity contribution in [3.05, 3.63) is 94.6 Å². The fourth-order valence-corrected chi connectivity index (χ4v) is 3.87. The number of barbiturate groups is 1. The zero-order valence-electron chi connectivity index (χ0n) is 20.5. The summed E-state index contributed by atoms with van der Waals surface area (Å²) in [6, 6.07) is 19.3. The normalized spacial score (nSPS) is 14.7. The molecule has 4 amide bonds. The highest BCUT2D eigenvalue weighted by atomic mass is 16.5. The van der Waals surface area contributed by atoms with Crippen LogP contribution in [0.2, 0.25) is 0 Å². The third-order valence-electron chi connectivity index (χ3n) is 5.84. The minimum atomic E-state index is -0.766. The van der Waals surface area contributed by atoms with Gasteiger partial charge in [-0.05, 0) is 73.4 Å². The second kappa shape index (κ2) is 10.9. The minimum absolute atomic E-state index is 0.121. The minimum Gasteiger partial charge on any atom is -0.490 e. The number of carbonyl (C=O) groups excluding carboxylic acids is 3. The number of imide groups is 2. The summed E-state index contributed by atoms with van der Waals surface area (Å²) in [5, 5.41) is 2.24. The Balaban J connectivity index is 1.40. The van der Waals surface area contributed by atoms with Gasteiger partial charge in [0.2, 0.25) is 0 Å². The van der Waals surface area contributed by atoms with Crippen molar-refractivity contribution in [2.75, 3.05) is 18.1 Å². The molecule has 0 radical (unpaired) electrons. The maximum absolute atomic E-state index is 13.0. The molecule has 0 saturated carbocycles. The van der Waals surface area contributed by atoms with Crippen LogP contribution in [0.5, 0.6) is 11.5 Å². The number of anilines is 1. The molecule has 3 aromatic rings. The first-order valence-electron chi connectivity index (χ1n) is 11.8. The SMILES string of the molecule is CCc1ccc(N2C(=O)NC(=O)/C(=C/c3ccc(OCCOc4ccc(C)cc4C)cc3)C2=O)cc1. The topological polar surface area (TPSA) is 84.9 Å². The monoisotopic (exact) mass is 484 g/mol. The van der Waals surface area contributed by atoms with Gasteiger partial charge in [0, 0.05) is 0 Å². The van der Waals surface area contributed by atoms with Crippen LogP contribution in [0.4, 0.5) is 10.5 Å². The van der Waals surface area contributed by atoms with Gasteiger partial charge in [-0.2, -0.15) is 0 Å². The average molecular weight is 485 g/mol. The van der Waals surface area contributed by atoms with Crippen LogP contribution in [0.3, 0.4) is 0 Å². The molecule has 0 spiro atoms. The van der Waals surface area contributed by atoms with Crippen LogP contribution < -0.4 is 19.7 Å². The summed E-state index contributed by atoms with van der Waals surface area (Å²) in [4.78, 5) is 38.8. The number of hydrogen-bond acceptors (Lipinski definition) is 5. The summed E-state index contributed by atoms with van der Waals surface area (Å²) in [6.07, 6.45) is 2.30. The lowest BCUT2D eigenvalue weighted by atomic mass is 10.1. The third kappa shape index (κ3) is 5.63. The van der Waals surface area contributed by atoms with E-state index in [1.165, 1.54) is 11.6 Å². The molecule has 1 saturated heterocycles. The molecule has 4 rings (SSSR count). The van der Waals surface area contributed by atoms with Crippen molar-refractivity contribution in [3.63, 3.8) is 0 Å². The maximum Gasteiger partial charge on any atom is 0.335 e. The number of amides is 4. The van der Waals surface area contributed by atoms with Crippen molar-refractivity contribution in [3.8, 4) is 11.5 Å². The van der Waals surface area contributed by atoms with Gasteiger partial charge in [-0.1, -0.05) is 48.9 Å². The van der Waals surface area contributed by atoms with Gasteiger partial charge in [0.15, 0.2) is 0 Å². The van der Waals surface area contributed by atoms with Gasteiger partial charge in [-0.15, -0.1) is 0 Å². The summed E-state index contributed by atoms with van der Waals surface area (Å²) in [5.41, 5.74) is 4.25. The van der Waals surface area contributed by atoms with Crippen LogP contribution in [-0.4, -0.2) is 31.1 Å². The highest BCUT2D eigenvalue weighted by Crippen LogP contribution is 2.23. The fraction of sp³-hybridized carbons (Fsp3) is 0.207. The number of hydrogen-bond donors (Lipinski definition) is 1. The van der Waals surface area contributed by atoms with Gasteiger partial charge in [0.25, 0.3) is 11.8 Å². The number of aryl methyl sites for hydroxylation is 3. The maximum atomic E-state index is 13.0. The van der Waals surface area contributed by atoms with Crippen molar-refractivity contribution >= 4 is 29.6 Å². The van der Waals surface area contributed by atoms with Gasteiger partial charge in [-0.25, -0.2) is 9.69 Å². The molecule has 0 aromatic heterocycles. The lowest BCUT2D eigenvalue weighted by molar-refractivity contribution is -0.122. The molecule has 1 aliphatic heterocycles. The number of benzene rings is 3. The zero-order chi connectivity index (χ0) is 25.7. The van der Waals surface area contributed by atoms with Crippen molar-refractivity contribution in [1.29, 1.82) is 0 Å². The number of rotatable bonds is 8. The van der Waals surface area contributed by atoms with Crippen molar-refractivity contribution < 1.29 is 23.9 Å². The van der Waals surface area contributed by atoms with Crippen molar-refractivity contribution in [2.24, 2.45) is 0 Å². The zero-order valence-corrected chi connectivity index (χ0v) is 20.5. The predicted molar refractivity (Wildman–Crippen MR) is 138 cm³/mol. The number of nitrogens with one attached hydrogen (secondary N) is 1. The summed E-state index contributed by atoms with van der Waals surface area (Å²) in [5.74, 6) is 0.0659. The molecule has 0 aliphatic carbocycles. The first-order chi connectivity index (χ1) is 17.4. The summed E-state index contributed by atoms with van der Waals surface area (Å²) in [7, 11) is 0.